The predicted molar refractivity (Wildman–Crippen MR) is 92.8 cm³/mol. The van der Waals surface area contributed by atoms with Gasteiger partial charge in [-0.2, -0.15) is 0 Å². The van der Waals surface area contributed by atoms with Crippen LogP contribution in [0.15, 0.2) is 30.9 Å². The molecule has 2 nitrogen and oxygen atoms in total. The van der Waals surface area contributed by atoms with Crippen LogP contribution >= 0.6 is 0 Å². The molecule has 0 radical (unpaired) electrons. The van der Waals surface area contributed by atoms with Gasteiger partial charge >= 0.3 is 0 Å². The fraction of sp³-hybridized carbons (Fsp3) is 0.619. The lowest BCUT2D eigenvalue weighted by Gasteiger charge is -2.62. The highest BCUT2D eigenvalue weighted by atomic mass is 19.1. The molecule has 0 unspecified atom stereocenters. The highest BCUT2D eigenvalue weighted by molar-refractivity contribution is 5.48. The van der Waals surface area contributed by atoms with Gasteiger partial charge in [-0.15, -0.1) is 6.58 Å². The Morgan fingerprint density at radius 2 is 2.00 bits per heavy atom. The predicted octanol–water partition coefficient (Wildman–Crippen LogP) is 4.29. The van der Waals surface area contributed by atoms with E-state index in [4.69, 9.17) is 0 Å². The molecule has 0 aliphatic heterocycles. The second kappa shape index (κ2) is 4.85. The van der Waals surface area contributed by atoms with E-state index >= 15 is 0 Å². The van der Waals surface area contributed by atoms with Gasteiger partial charge in [0.05, 0.1) is 6.10 Å². The lowest BCUT2D eigenvalue weighted by atomic mass is 9.41. The van der Waals surface area contributed by atoms with Crippen LogP contribution in [0.4, 0.5) is 4.39 Å². The molecular formula is C21H27FO2. The Labute approximate surface area is 143 Å². The summed E-state index contributed by atoms with van der Waals surface area (Å²) in [7, 11) is 0. The van der Waals surface area contributed by atoms with Gasteiger partial charge < -0.3 is 10.2 Å². The van der Waals surface area contributed by atoms with E-state index < -0.39 is 17.7 Å². The normalized spacial score (nSPS) is 46.8. The zero-order valence-corrected chi connectivity index (χ0v) is 14.6. The van der Waals surface area contributed by atoms with Crippen molar-refractivity contribution >= 4 is 0 Å². The van der Waals surface area contributed by atoms with E-state index in [0.29, 0.717) is 12.2 Å². The van der Waals surface area contributed by atoms with Gasteiger partial charge in [-0.3, -0.25) is 0 Å². The second-order valence-electron chi connectivity index (χ2n) is 8.70. The molecule has 130 valence electrons. The number of fused-ring (bicyclic) bond motifs is 5. The molecule has 0 aromatic heterocycles. The van der Waals surface area contributed by atoms with Crippen molar-refractivity contribution in [3.05, 3.63) is 42.0 Å². The van der Waals surface area contributed by atoms with Crippen LogP contribution in [0.25, 0.3) is 0 Å². The first-order valence-electron chi connectivity index (χ1n) is 9.07. The third kappa shape index (κ3) is 1.69. The Balaban J connectivity index is 1.90. The minimum Gasteiger partial charge on any atom is -0.508 e. The maximum absolute atomic E-state index is 14.8. The minimum absolute atomic E-state index is 0.118. The molecule has 0 saturated heterocycles. The minimum atomic E-state index is -1.14. The Bertz CT molecular complexity index is 701. The molecule has 3 aliphatic rings. The highest BCUT2D eigenvalue weighted by Crippen LogP contribution is 2.70. The van der Waals surface area contributed by atoms with Gasteiger partial charge in [-0.05, 0) is 66.7 Å². The molecule has 2 N–H and O–H groups in total. The molecule has 3 aliphatic carbocycles. The average molecular weight is 330 g/mol. The maximum atomic E-state index is 14.8. The van der Waals surface area contributed by atoms with Gasteiger partial charge in [0.2, 0.25) is 0 Å². The van der Waals surface area contributed by atoms with Crippen molar-refractivity contribution in [2.75, 3.05) is 0 Å². The van der Waals surface area contributed by atoms with Crippen LogP contribution in [0.1, 0.15) is 50.7 Å². The lowest BCUT2D eigenvalue weighted by molar-refractivity contribution is -0.0750. The lowest BCUT2D eigenvalue weighted by Crippen LogP contribution is -2.58. The number of aromatic hydroxyl groups is 1. The molecule has 4 rings (SSSR count). The van der Waals surface area contributed by atoms with Crippen molar-refractivity contribution in [3.63, 3.8) is 0 Å². The third-order valence-electron chi connectivity index (χ3n) is 7.92. The largest absolute Gasteiger partial charge is 0.508 e. The van der Waals surface area contributed by atoms with Crippen LogP contribution in [0, 0.1) is 16.7 Å². The van der Waals surface area contributed by atoms with Crippen molar-refractivity contribution in [2.24, 2.45) is 16.7 Å². The number of rotatable bonds is 1. The van der Waals surface area contributed by atoms with E-state index in [9.17, 15) is 14.6 Å². The Morgan fingerprint density at radius 3 is 2.71 bits per heavy atom. The summed E-state index contributed by atoms with van der Waals surface area (Å²) in [5.74, 6) is 0.445. The van der Waals surface area contributed by atoms with Crippen molar-refractivity contribution in [1.29, 1.82) is 0 Å². The number of hydrogen-bond acceptors (Lipinski definition) is 2. The van der Waals surface area contributed by atoms with Gasteiger partial charge in [-0.1, -0.05) is 26.0 Å². The van der Waals surface area contributed by atoms with Crippen molar-refractivity contribution in [3.8, 4) is 5.75 Å². The van der Waals surface area contributed by atoms with Gasteiger partial charge in [0, 0.05) is 10.8 Å². The smallest absolute Gasteiger partial charge is 0.131 e. The highest BCUT2D eigenvalue weighted by Gasteiger charge is 2.67. The number of allylic oxidation sites excluding steroid dienone is 1. The maximum Gasteiger partial charge on any atom is 0.131 e. The van der Waals surface area contributed by atoms with E-state index in [-0.39, 0.29) is 16.7 Å². The van der Waals surface area contributed by atoms with Crippen LogP contribution in [-0.4, -0.2) is 22.5 Å². The van der Waals surface area contributed by atoms with Gasteiger partial charge in [0.1, 0.15) is 11.9 Å². The summed E-state index contributed by atoms with van der Waals surface area (Å²) >= 11 is 0. The van der Waals surface area contributed by atoms with Gasteiger partial charge in [0.15, 0.2) is 0 Å². The molecule has 0 bridgehead atoms. The van der Waals surface area contributed by atoms with Crippen LogP contribution in [0.3, 0.4) is 0 Å². The number of hydrogen-bond donors (Lipinski definition) is 2. The zero-order chi connectivity index (χ0) is 17.3. The Morgan fingerprint density at radius 1 is 1.25 bits per heavy atom. The van der Waals surface area contributed by atoms with Crippen molar-refractivity contribution < 1.29 is 14.6 Å². The number of aryl methyl sites for hydroxylation is 1. The van der Waals surface area contributed by atoms with Crippen LogP contribution in [-0.2, 0) is 11.8 Å². The molecule has 3 heteroatoms. The van der Waals surface area contributed by atoms with Crippen LogP contribution < -0.4 is 0 Å². The topological polar surface area (TPSA) is 40.5 Å². The first kappa shape index (κ1) is 16.1. The van der Waals surface area contributed by atoms with E-state index in [1.807, 2.05) is 19.1 Å². The van der Waals surface area contributed by atoms with Crippen LogP contribution in [0.2, 0.25) is 0 Å². The molecule has 6 atom stereocenters. The third-order valence-corrected chi connectivity index (χ3v) is 7.92. The number of alkyl halides is 1. The number of phenols is 1. The summed E-state index contributed by atoms with van der Waals surface area (Å²) in [5, 5.41) is 20.1. The molecule has 0 amide bonds. The van der Waals surface area contributed by atoms with Crippen molar-refractivity contribution in [1.82, 2.24) is 0 Å². The fourth-order valence-electron chi connectivity index (χ4n) is 6.53. The molecule has 0 spiro atoms. The molecule has 2 saturated carbocycles. The van der Waals surface area contributed by atoms with Crippen LogP contribution in [0.5, 0.6) is 5.75 Å². The standard InChI is InChI=1S/C21H27FO2/c1-4-21-10-9-19(2)17(12-16(24)18(19)22)20(21,3)8-7-13-11-14(23)5-6-15(13)21/h4-6,11,16-18,23-24H,1,7-10,12H2,2-3H3/t16-,17-,18+,19+,20+,21-/m1/s1. The monoisotopic (exact) mass is 330 g/mol. The van der Waals surface area contributed by atoms with E-state index in [0.717, 1.165) is 25.7 Å². The molecule has 1 aromatic carbocycles. The number of phenolic OH excluding ortho intramolecular Hbond substituents is 1. The van der Waals surface area contributed by atoms with E-state index in [1.54, 1.807) is 6.07 Å². The number of aliphatic hydroxyl groups is 1. The average Bonchev–Trinajstić information content (AvgIpc) is 2.80. The van der Waals surface area contributed by atoms with Crippen molar-refractivity contribution in [2.45, 2.75) is 63.6 Å². The second-order valence-corrected chi connectivity index (χ2v) is 8.70. The summed E-state index contributed by atoms with van der Waals surface area (Å²) in [6.07, 6.45) is 4.06. The zero-order valence-electron chi connectivity index (χ0n) is 14.6. The molecule has 24 heavy (non-hydrogen) atoms. The summed E-state index contributed by atoms with van der Waals surface area (Å²) < 4.78 is 14.8. The Hall–Kier alpha value is -1.35. The Kier molecular flexibility index (Phi) is 3.26. The fourth-order valence-corrected chi connectivity index (χ4v) is 6.53. The van der Waals surface area contributed by atoms with Gasteiger partial charge in [0.25, 0.3) is 0 Å². The SMILES string of the molecule is C=C[C@]12CC[C@@]3(C)[C@@H](C[C@@H](O)[C@@H]3F)[C@]1(C)CCc1cc(O)ccc12. The van der Waals surface area contributed by atoms with Gasteiger partial charge in [-0.25, -0.2) is 4.39 Å². The van der Waals surface area contributed by atoms with E-state index in [2.05, 4.69) is 19.6 Å². The number of halogens is 1. The molecule has 1 aromatic rings. The summed E-state index contributed by atoms with van der Waals surface area (Å²) in [4.78, 5) is 0. The number of aliphatic hydroxyl groups excluding tert-OH is 1. The summed E-state index contributed by atoms with van der Waals surface area (Å²) in [6, 6.07) is 5.66. The quantitative estimate of drug-likeness (QED) is 0.754. The first-order chi connectivity index (χ1) is 11.3. The molecule has 2 fully saturated rings. The first-order valence-corrected chi connectivity index (χ1v) is 9.07. The molecule has 0 heterocycles. The molecular weight excluding hydrogens is 303 g/mol. The summed E-state index contributed by atoms with van der Waals surface area (Å²) in [6.45, 7) is 8.49. The van der Waals surface area contributed by atoms with E-state index in [1.165, 1.54) is 11.1 Å². The summed E-state index contributed by atoms with van der Waals surface area (Å²) in [5.41, 5.74) is 1.65. The number of benzene rings is 1.